The third-order valence-corrected chi connectivity index (χ3v) is 3.82. The van der Waals surface area contributed by atoms with Gasteiger partial charge in [0.2, 0.25) is 0 Å². The molecule has 1 amide bonds. The highest BCUT2D eigenvalue weighted by Gasteiger charge is 2.20. The van der Waals surface area contributed by atoms with Crippen molar-refractivity contribution >= 4 is 40.1 Å². The second-order valence-electron chi connectivity index (χ2n) is 5.43. The molecule has 0 saturated heterocycles. The van der Waals surface area contributed by atoms with Crippen LogP contribution in [0.3, 0.4) is 0 Å². The van der Waals surface area contributed by atoms with Crippen molar-refractivity contribution in [2.45, 2.75) is 13.0 Å². The molecule has 1 unspecified atom stereocenters. The minimum atomic E-state index is -0.962. The van der Waals surface area contributed by atoms with Crippen molar-refractivity contribution in [3.8, 4) is 0 Å². The van der Waals surface area contributed by atoms with Gasteiger partial charge in [-0.25, -0.2) is 9.78 Å². The van der Waals surface area contributed by atoms with E-state index in [-0.39, 0.29) is 5.69 Å². The van der Waals surface area contributed by atoms with Gasteiger partial charge in [-0.05, 0) is 43.3 Å². The quantitative estimate of drug-likeness (QED) is 0.717. The number of nitrogens with zero attached hydrogens (tertiary/aromatic N) is 1. The molecular formula is C19H15ClN2O3. The molecule has 0 spiro atoms. The molecule has 1 N–H and O–H groups in total. The number of aromatic nitrogens is 1. The summed E-state index contributed by atoms with van der Waals surface area (Å²) in [4.78, 5) is 28.6. The SMILES string of the molecule is CC(OC(=O)c1ccc2ccccc2n1)C(=O)Nc1ccc(Cl)cc1. The third kappa shape index (κ3) is 4.14. The van der Waals surface area contributed by atoms with Gasteiger partial charge in [0.1, 0.15) is 5.69 Å². The minimum absolute atomic E-state index is 0.157. The number of carbonyl (C=O) groups is 2. The standard InChI is InChI=1S/C19H15ClN2O3/c1-12(18(23)21-15-9-7-14(20)8-10-15)25-19(24)17-11-6-13-4-2-3-5-16(13)22-17/h2-12H,1H3,(H,21,23). The predicted octanol–water partition coefficient (Wildman–Crippen LogP) is 4.07. The van der Waals surface area contributed by atoms with Crippen molar-refractivity contribution in [3.05, 3.63) is 71.4 Å². The Labute approximate surface area is 149 Å². The van der Waals surface area contributed by atoms with Crippen molar-refractivity contribution in [1.29, 1.82) is 0 Å². The van der Waals surface area contributed by atoms with E-state index in [1.54, 1.807) is 36.4 Å². The monoisotopic (exact) mass is 354 g/mol. The van der Waals surface area contributed by atoms with Gasteiger partial charge in [0.05, 0.1) is 5.52 Å². The fourth-order valence-corrected chi connectivity index (χ4v) is 2.36. The molecule has 0 saturated carbocycles. The summed E-state index contributed by atoms with van der Waals surface area (Å²) in [6, 6.07) is 17.5. The first-order valence-corrected chi connectivity index (χ1v) is 8.04. The van der Waals surface area contributed by atoms with Gasteiger partial charge in [-0.2, -0.15) is 0 Å². The van der Waals surface area contributed by atoms with Crippen LogP contribution >= 0.6 is 11.6 Å². The van der Waals surface area contributed by atoms with E-state index in [0.717, 1.165) is 5.39 Å². The van der Waals surface area contributed by atoms with Crippen LogP contribution in [0, 0.1) is 0 Å². The summed E-state index contributed by atoms with van der Waals surface area (Å²) in [6.45, 7) is 1.50. The van der Waals surface area contributed by atoms with E-state index >= 15 is 0 Å². The van der Waals surface area contributed by atoms with Gasteiger partial charge in [0.25, 0.3) is 5.91 Å². The molecule has 0 radical (unpaired) electrons. The fourth-order valence-electron chi connectivity index (χ4n) is 2.23. The number of pyridine rings is 1. The van der Waals surface area contributed by atoms with Crippen molar-refractivity contribution in [3.63, 3.8) is 0 Å². The number of esters is 1. The Morgan fingerprint density at radius 2 is 1.76 bits per heavy atom. The second-order valence-corrected chi connectivity index (χ2v) is 5.87. The molecule has 1 atom stereocenters. The normalized spacial score (nSPS) is 11.8. The lowest BCUT2D eigenvalue weighted by molar-refractivity contribution is -0.123. The Morgan fingerprint density at radius 3 is 2.52 bits per heavy atom. The zero-order valence-electron chi connectivity index (χ0n) is 13.4. The average Bonchev–Trinajstić information content (AvgIpc) is 2.63. The Balaban J connectivity index is 1.66. The maximum atomic E-state index is 12.2. The molecule has 1 heterocycles. The van der Waals surface area contributed by atoms with Crippen LogP contribution in [0.25, 0.3) is 10.9 Å². The largest absolute Gasteiger partial charge is 0.448 e. The van der Waals surface area contributed by atoms with Crippen LogP contribution in [0.5, 0.6) is 0 Å². The van der Waals surface area contributed by atoms with Gasteiger partial charge < -0.3 is 10.1 Å². The number of rotatable bonds is 4. The number of benzene rings is 2. The van der Waals surface area contributed by atoms with E-state index in [0.29, 0.717) is 16.2 Å². The summed E-state index contributed by atoms with van der Waals surface area (Å²) in [5, 5.41) is 4.15. The number of carbonyl (C=O) groups excluding carboxylic acids is 2. The van der Waals surface area contributed by atoms with Crippen LogP contribution in [-0.2, 0) is 9.53 Å². The number of ether oxygens (including phenoxy) is 1. The molecule has 0 aliphatic heterocycles. The summed E-state index contributed by atoms with van der Waals surface area (Å²) < 4.78 is 5.20. The predicted molar refractivity (Wildman–Crippen MR) is 96.7 cm³/mol. The Bertz CT molecular complexity index is 925. The molecule has 1 aromatic heterocycles. The summed E-state index contributed by atoms with van der Waals surface area (Å²) in [7, 11) is 0. The molecule has 3 aromatic rings. The van der Waals surface area contributed by atoms with Crippen LogP contribution in [-0.4, -0.2) is 23.0 Å². The van der Waals surface area contributed by atoms with Crippen molar-refractivity contribution in [2.24, 2.45) is 0 Å². The van der Waals surface area contributed by atoms with Gasteiger partial charge in [0, 0.05) is 16.1 Å². The molecule has 0 aliphatic rings. The highest BCUT2D eigenvalue weighted by molar-refractivity contribution is 6.30. The smallest absolute Gasteiger partial charge is 0.357 e. The third-order valence-electron chi connectivity index (χ3n) is 3.57. The summed E-state index contributed by atoms with van der Waals surface area (Å²) in [6.07, 6.45) is -0.962. The van der Waals surface area contributed by atoms with Gasteiger partial charge >= 0.3 is 5.97 Å². The number of hydrogen-bond acceptors (Lipinski definition) is 4. The number of para-hydroxylation sites is 1. The minimum Gasteiger partial charge on any atom is -0.448 e. The van der Waals surface area contributed by atoms with E-state index in [1.165, 1.54) is 6.92 Å². The molecule has 6 heteroatoms. The van der Waals surface area contributed by atoms with Crippen LogP contribution in [0.1, 0.15) is 17.4 Å². The van der Waals surface area contributed by atoms with E-state index in [9.17, 15) is 9.59 Å². The zero-order valence-corrected chi connectivity index (χ0v) is 14.2. The molecular weight excluding hydrogens is 340 g/mol. The molecule has 25 heavy (non-hydrogen) atoms. The summed E-state index contributed by atoms with van der Waals surface area (Å²) in [5.74, 6) is -1.08. The van der Waals surface area contributed by atoms with Gasteiger partial charge in [-0.15, -0.1) is 0 Å². The highest BCUT2D eigenvalue weighted by Crippen LogP contribution is 2.15. The zero-order chi connectivity index (χ0) is 17.8. The van der Waals surface area contributed by atoms with Crippen LogP contribution in [0.4, 0.5) is 5.69 Å². The van der Waals surface area contributed by atoms with Crippen LogP contribution < -0.4 is 5.32 Å². The molecule has 126 valence electrons. The van der Waals surface area contributed by atoms with Gasteiger partial charge in [0.15, 0.2) is 6.10 Å². The Kier molecular flexibility index (Phi) is 4.95. The summed E-state index contributed by atoms with van der Waals surface area (Å²) in [5.41, 5.74) is 1.42. The van der Waals surface area contributed by atoms with E-state index in [4.69, 9.17) is 16.3 Å². The van der Waals surface area contributed by atoms with E-state index in [2.05, 4.69) is 10.3 Å². The average molecular weight is 355 g/mol. The first kappa shape index (κ1) is 16.9. The number of hydrogen-bond donors (Lipinski definition) is 1. The molecule has 0 fully saturated rings. The van der Waals surface area contributed by atoms with Crippen molar-refractivity contribution in [1.82, 2.24) is 4.98 Å². The number of amides is 1. The molecule has 2 aromatic carbocycles. The van der Waals surface area contributed by atoms with Crippen LogP contribution in [0.15, 0.2) is 60.7 Å². The summed E-state index contributed by atoms with van der Waals surface area (Å²) >= 11 is 5.80. The highest BCUT2D eigenvalue weighted by atomic mass is 35.5. The lowest BCUT2D eigenvalue weighted by Crippen LogP contribution is -2.30. The first-order valence-electron chi connectivity index (χ1n) is 7.66. The van der Waals surface area contributed by atoms with Gasteiger partial charge in [-0.1, -0.05) is 35.9 Å². The molecule has 0 aliphatic carbocycles. The maximum Gasteiger partial charge on any atom is 0.357 e. The fraction of sp³-hybridized carbons (Fsp3) is 0.105. The second kappa shape index (κ2) is 7.32. The van der Waals surface area contributed by atoms with Crippen LogP contribution in [0.2, 0.25) is 5.02 Å². The van der Waals surface area contributed by atoms with E-state index < -0.39 is 18.0 Å². The van der Waals surface area contributed by atoms with Crippen molar-refractivity contribution in [2.75, 3.05) is 5.32 Å². The number of halogens is 1. The van der Waals surface area contributed by atoms with Crippen molar-refractivity contribution < 1.29 is 14.3 Å². The maximum absolute atomic E-state index is 12.2. The molecule has 0 bridgehead atoms. The lowest BCUT2D eigenvalue weighted by Gasteiger charge is -2.13. The first-order chi connectivity index (χ1) is 12.0. The number of nitrogens with one attached hydrogen (secondary N) is 1. The topological polar surface area (TPSA) is 68.3 Å². The molecule has 5 nitrogen and oxygen atoms in total. The van der Waals surface area contributed by atoms with Gasteiger partial charge in [-0.3, -0.25) is 4.79 Å². The van der Waals surface area contributed by atoms with E-state index in [1.807, 2.05) is 24.3 Å². The number of fused-ring (bicyclic) bond motifs is 1. The lowest BCUT2D eigenvalue weighted by atomic mass is 10.2. The molecule has 3 rings (SSSR count). The Morgan fingerprint density at radius 1 is 1.04 bits per heavy atom. The number of anilines is 1. The Hall–Kier alpha value is -2.92.